The number of pyridine rings is 1. The van der Waals surface area contributed by atoms with Crippen LogP contribution in [-0.2, 0) is 19.6 Å². The van der Waals surface area contributed by atoms with Gasteiger partial charge in [0.05, 0.1) is 22.5 Å². The van der Waals surface area contributed by atoms with Crippen LogP contribution < -0.4 is 0 Å². The van der Waals surface area contributed by atoms with E-state index in [2.05, 4.69) is 9.35 Å². The van der Waals surface area contributed by atoms with Crippen LogP contribution in [0.15, 0.2) is 51.9 Å². The molecule has 0 aliphatic heterocycles. The lowest BCUT2D eigenvalue weighted by Crippen LogP contribution is -1.97. The van der Waals surface area contributed by atoms with Crippen LogP contribution in [0.25, 0.3) is 11.3 Å². The summed E-state index contributed by atoms with van der Waals surface area (Å²) in [5, 5.41) is 0. The second-order valence-electron chi connectivity index (χ2n) is 4.97. The topological polar surface area (TPSA) is 76.5 Å². The summed E-state index contributed by atoms with van der Waals surface area (Å²) < 4.78 is 38.8. The molecule has 0 bridgehead atoms. The first-order valence-corrected chi connectivity index (χ1v) is 10.3. The van der Waals surface area contributed by atoms with Crippen LogP contribution in [0.3, 0.4) is 0 Å². The highest BCUT2D eigenvalue weighted by molar-refractivity contribution is 7.92. The van der Waals surface area contributed by atoms with Crippen LogP contribution in [0.4, 0.5) is 5.69 Å². The molecule has 21 heavy (non-hydrogen) atoms. The van der Waals surface area contributed by atoms with Crippen molar-refractivity contribution in [1.82, 2.24) is 4.98 Å². The van der Waals surface area contributed by atoms with E-state index in [1.54, 1.807) is 48.9 Å². The minimum absolute atomic E-state index is 0.251. The molecule has 0 N–H and O–H groups in total. The molecule has 0 saturated carbocycles. The van der Waals surface area contributed by atoms with Gasteiger partial charge in [0.15, 0.2) is 9.84 Å². The van der Waals surface area contributed by atoms with Gasteiger partial charge in [0.25, 0.3) is 0 Å². The first kappa shape index (κ1) is 15.7. The van der Waals surface area contributed by atoms with E-state index in [-0.39, 0.29) is 4.90 Å². The van der Waals surface area contributed by atoms with E-state index in [0.717, 1.165) is 0 Å². The second-order valence-corrected chi connectivity index (χ2v) is 9.54. The number of hydrogen-bond acceptors (Lipinski definition) is 5. The van der Waals surface area contributed by atoms with Crippen molar-refractivity contribution in [3.05, 3.63) is 42.6 Å². The first-order chi connectivity index (χ1) is 9.65. The van der Waals surface area contributed by atoms with Gasteiger partial charge in [0.1, 0.15) is 0 Å². The van der Waals surface area contributed by atoms with Crippen LogP contribution in [0.2, 0.25) is 0 Å². The molecule has 2 aromatic rings. The smallest absolute Gasteiger partial charge is 0.175 e. The molecular weight excluding hydrogens is 308 g/mol. The zero-order valence-electron chi connectivity index (χ0n) is 12.0. The average molecular weight is 324 g/mol. The number of rotatable bonds is 3. The molecule has 0 aliphatic carbocycles. The third-order valence-electron chi connectivity index (χ3n) is 2.63. The highest BCUT2D eigenvalue weighted by Crippen LogP contribution is 2.23. The first-order valence-electron chi connectivity index (χ1n) is 6.09. The lowest BCUT2D eigenvalue weighted by Gasteiger charge is -2.04. The lowest BCUT2D eigenvalue weighted by molar-refractivity contribution is 0.602. The molecule has 2 rings (SSSR count). The Hall–Kier alpha value is -1.73. The quantitative estimate of drug-likeness (QED) is 0.869. The van der Waals surface area contributed by atoms with Gasteiger partial charge < -0.3 is 0 Å². The third kappa shape index (κ3) is 4.37. The van der Waals surface area contributed by atoms with Crippen molar-refractivity contribution in [1.29, 1.82) is 0 Å². The maximum absolute atomic E-state index is 11.6. The Labute approximate surface area is 125 Å². The Morgan fingerprint density at radius 1 is 1.00 bits per heavy atom. The summed E-state index contributed by atoms with van der Waals surface area (Å²) in [6.07, 6.45) is 5.79. The molecule has 0 saturated heterocycles. The fourth-order valence-electron chi connectivity index (χ4n) is 1.75. The standard InChI is InChI=1S/C14H16N2O3S2/c1-20(2,17)16-12-7-8-14(15-10-12)11-5-4-6-13(9-11)21(3,18)19/h4-10H,1-3H3. The summed E-state index contributed by atoms with van der Waals surface area (Å²) in [5.74, 6) is 0. The zero-order valence-corrected chi connectivity index (χ0v) is 13.6. The number of benzene rings is 1. The lowest BCUT2D eigenvalue weighted by atomic mass is 10.1. The van der Waals surface area contributed by atoms with Crippen LogP contribution >= 0.6 is 0 Å². The largest absolute Gasteiger partial charge is 0.254 e. The minimum Gasteiger partial charge on any atom is -0.254 e. The Balaban J connectivity index is 2.43. The Bertz CT molecular complexity index is 871. The summed E-state index contributed by atoms with van der Waals surface area (Å²) >= 11 is 0. The molecule has 0 amide bonds. The zero-order chi connectivity index (χ0) is 15.7. The molecule has 1 aromatic carbocycles. The van der Waals surface area contributed by atoms with Crippen molar-refractivity contribution in [2.24, 2.45) is 4.36 Å². The molecule has 0 aliphatic rings. The molecular formula is C14H16N2O3S2. The fourth-order valence-corrected chi connectivity index (χ4v) is 3.03. The molecule has 5 nitrogen and oxygen atoms in total. The minimum atomic E-state index is -3.25. The van der Waals surface area contributed by atoms with Gasteiger partial charge in [-0.2, -0.15) is 4.36 Å². The van der Waals surface area contributed by atoms with E-state index in [0.29, 0.717) is 16.9 Å². The van der Waals surface area contributed by atoms with Crippen molar-refractivity contribution in [3.8, 4) is 11.3 Å². The van der Waals surface area contributed by atoms with Gasteiger partial charge in [0, 0.05) is 34.1 Å². The molecule has 0 spiro atoms. The summed E-state index contributed by atoms with van der Waals surface area (Å²) in [7, 11) is -5.47. The SMILES string of the molecule is CS(=O)(=O)c1cccc(-c2ccc(N=S(C)(C)=O)cn2)c1. The molecule has 1 aromatic heterocycles. The number of hydrogen-bond donors (Lipinski definition) is 0. The summed E-state index contributed by atoms with van der Waals surface area (Å²) in [4.78, 5) is 4.49. The fraction of sp³-hybridized carbons (Fsp3) is 0.214. The molecule has 0 radical (unpaired) electrons. The molecule has 0 atom stereocenters. The van der Waals surface area contributed by atoms with E-state index in [9.17, 15) is 12.6 Å². The Morgan fingerprint density at radius 2 is 1.71 bits per heavy atom. The van der Waals surface area contributed by atoms with E-state index in [1.165, 1.54) is 12.5 Å². The number of aromatic nitrogens is 1. The molecule has 0 unspecified atom stereocenters. The van der Waals surface area contributed by atoms with Crippen LogP contribution in [0.1, 0.15) is 0 Å². The normalized spacial score (nSPS) is 12.1. The monoisotopic (exact) mass is 324 g/mol. The second kappa shape index (κ2) is 5.57. The van der Waals surface area contributed by atoms with Gasteiger partial charge in [-0.05, 0) is 24.3 Å². The van der Waals surface area contributed by atoms with Crippen molar-refractivity contribution in [2.45, 2.75) is 4.90 Å². The highest BCUT2D eigenvalue weighted by atomic mass is 32.2. The van der Waals surface area contributed by atoms with Gasteiger partial charge in [-0.3, -0.25) is 4.98 Å². The van der Waals surface area contributed by atoms with E-state index >= 15 is 0 Å². The van der Waals surface area contributed by atoms with E-state index in [1.807, 2.05) is 0 Å². The van der Waals surface area contributed by atoms with Crippen LogP contribution in [0.5, 0.6) is 0 Å². The molecule has 0 fully saturated rings. The maximum atomic E-state index is 11.6. The van der Waals surface area contributed by atoms with Gasteiger partial charge >= 0.3 is 0 Å². The summed E-state index contributed by atoms with van der Waals surface area (Å²) in [5.41, 5.74) is 1.88. The molecule has 112 valence electrons. The highest BCUT2D eigenvalue weighted by Gasteiger charge is 2.08. The van der Waals surface area contributed by atoms with Gasteiger partial charge in [-0.25, -0.2) is 12.6 Å². The predicted molar refractivity (Wildman–Crippen MR) is 84.9 cm³/mol. The van der Waals surface area contributed by atoms with Crippen molar-refractivity contribution in [3.63, 3.8) is 0 Å². The molecule has 1 heterocycles. The van der Waals surface area contributed by atoms with Crippen molar-refractivity contribution < 1.29 is 12.6 Å². The van der Waals surface area contributed by atoms with Crippen molar-refractivity contribution in [2.75, 3.05) is 18.8 Å². The number of nitrogens with zero attached hydrogens (tertiary/aromatic N) is 2. The average Bonchev–Trinajstić information content (AvgIpc) is 2.37. The Kier molecular flexibility index (Phi) is 4.15. The van der Waals surface area contributed by atoms with Crippen LogP contribution in [-0.4, -0.2) is 36.4 Å². The van der Waals surface area contributed by atoms with E-state index in [4.69, 9.17) is 0 Å². The predicted octanol–water partition coefficient (Wildman–Crippen LogP) is 2.51. The number of sulfone groups is 1. The van der Waals surface area contributed by atoms with Gasteiger partial charge in [0.2, 0.25) is 0 Å². The summed E-state index contributed by atoms with van der Waals surface area (Å²) in [6.45, 7) is 0. The van der Waals surface area contributed by atoms with E-state index < -0.39 is 19.6 Å². The Morgan fingerprint density at radius 3 is 2.24 bits per heavy atom. The van der Waals surface area contributed by atoms with Gasteiger partial charge in [-0.15, -0.1) is 0 Å². The third-order valence-corrected chi connectivity index (χ3v) is 4.39. The van der Waals surface area contributed by atoms with Crippen molar-refractivity contribution >= 4 is 25.3 Å². The van der Waals surface area contributed by atoms with Gasteiger partial charge in [-0.1, -0.05) is 12.1 Å². The summed E-state index contributed by atoms with van der Waals surface area (Å²) in [6, 6.07) is 10.0. The van der Waals surface area contributed by atoms with Crippen LogP contribution in [0, 0.1) is 0 Å². The molecule has 7 heteroatoms. The maximum Gasteiger partial charge on any atom is 0.175 e.